The Morgan fingerprint density at radius 1 is 1.42 bits per heavy atom. The SMILES string of the molecule is CN(CC[C@H](O)c1ccccc1)C(=O)NCc1nc(C2CC2)no1. The van der Waals surface area contributed by atoms with E-state index in [0.29, 0.717) is 24.8 Å². The van der Waals surface area contributed by atoms with E-state index in [2.05, 4.69) is 15.5 Å². The summed E-state index contributed by atoms with van der Waals surface area (Å²) in [6.45, 7) is 0.656. The highest BCUT2D eigenvalue weighted by Gasteiger charge is 2.28. The standard InChI is InChI=1S/C17H22N4O3/c1-21(10-9-14(22)12-5-3-2-4-6-12)17(23)18-11-15-19-16(20-24-15)13-7-8-13/h2-6,13-14,22H,7-11H2,1H3,(H,18,23)/t14-/m0/s1. The first-order valence-electron chi connectivity index (χ1n) is 8.18. The lowest BCUT2D eigenvalue weighted by atomic mass is 10.1. The Labute approximate surface area is 140 Å². The summed E-state index contributed by atoms with van der Waals surface area (Å²) in [5, 5.41) is 16.8. The maximum atomic E-state index is 12.1. The first-order valence-corrected chi connectivity index (χ1v) is 8.18. The molecular weight excluding hydrogens is 308 g/mol. The van der Waals surface area contributed by atoms with E-state index in [4.69, 9.17) is 4.52 Å². The van der Waals surface area contributed by atoms with Crippen LogP contribution in [0.2, 0.25) is 0 Å². The summed E-state index contributed by atoms with van der Waals surface area (Å²) in [6, 6.07) is 9.18. The molecule has 0 saturated heterocycles. The van der Waals surface area contributed by atoms with Gasteiger partial charge in [0.15, 0.2) is 5.82 Å². The van der Waals surface area contributed by atoms with Gasteiger partial charge in [0, 0.05) is 19.5 Å². The molecule has 1 atom stereocenters. The predicted octanol–water partition coefficient (Wildman–Crippen LogP) is 2.21. The number of hydrogen-bond donors (Lipinski definition) is 2. The molecule has 3 rings (SSSR count). The van der Waals surface area contributed by atoms with Gasteiger partial charge in [0.25, 0.3) is 0 Å². The van der Waals surface area contributed by atoms with E-state index < -0.39 is 6.10 Å². The van der Waals surface area contributed by atoms with Crippen molar-refractivity contribution in [1.29, 1.82) is 0 Å². The van der Waals surface area contributed by atoms with Gasteiger partial charge in [0.05, 0.1) is 12.6 Å². The quantitative estimate of drug-likeness (QED) is 0.812. The number of carbonyl (C=O) groups excluding carboxylic acids is 1. The molecule has 0 aliphatic heterocycles. The van der Waals surface area contributed by atoms with Gasteiger partial charge in [-0.3, -0.25) is 0 Å². The Kier molecular flexibility index (Phi) is 5.10. The Morgan fingerprint density at radius 3 is 2.88 bits per heavy atom. The van der Waals surface area contributed by atoms with Crippen LogP contribution in [0.1, 0.15) is 48.6 Å². The second kappa shape index (κ2) is 7.44. The third-order valence-corrected chi connectivity index (χ3v) is 4.09. The van der Waals surface area contributed by atoms with Crippen LogP contribution < -0.4 is 5.32 Å². The first kappa shape index (κ1) is 16.4. The lowest BCUT2D eigenvalue weighted by molar-refractivity contribution is 0.149. The Hall–Kier alpha value is -2.41. The fourth-order valence-electron chi connectivity index (χ4n) is 2.39. The van der Waals surface area contributed by atoms with Gasteiger partial charge in [0.2, 0.25) is 5.89 Å². The number of rotatable bonds is 7. The van der Waals surface area contributed by atoms with Crippen molar-refractivity contribution < 1.29 is 14.4 Å². The van der Waals surface area contributed by atoms with Crippen LogP contribution >= 0.6 is 0 Å². The van der Waals surface area contributed by atoms with Gasteiger partial charge in [-0.25, -0.2) is 4.79 Å². The number of hydrogen-bond acceptors (Lipinski definition) is 5. The molecular formula is C17H22N4O3. The van der Waals surface area contributed by atoms with Gasteiger partial charge in [-0.2, -0.15) is 4.98 Å². The number of benzene rings is 1. The average molecular weight is 330 g/mol. The van der Waals surface area contributed by atoms with Gasteiger partial charge < -0.3 is 19.8 Å². The molecule has 0 unspecified atom stereocenters. The molecule has 0 spiro atoms. The highest BCUT2D eigenvalue weighted by Crippen LogP contribution is 2.38. The average Bonchev–Trinajstić information content (AvgIpc) is 3.36. The monoisotopic (exact) mass is 330 g/mol. The molecule has 1 saturated carbocycles. The van der Waals surface area contributed by atoms with E-state index in [1.807, 2.05) is 30.3 Å². The summed E-state index contributed by atoms with van der Waals surface area (Å²) in [7, 11) is 1.69. The second-order valence-electron chi connectivity index (χ2n) is 6.12. The van der Waals surface area contributed by atoms with E-state index in [1.165, 1.54) is 4.90 Å². The zero-order valence-corrected chi connectivity index (χ0v) is 13.7. The van der Waals surface area contributed by atoms with Crippen molar-refractivity contribution >= 4 is 6.03 Å². The molecule has 1 aliphatic carbocycles. The Balaban J connectivity index is 1.40. The van der Waals surface area contributed by atoms with Crippen molar-refractivity contribution in [3.63, 3.8) is 0 Å². The minimum atomic E-state index is -0.585. The van der Waals surface area contributed by atoms with E-state index in [1.54, 1.807) is 7.05 Å². The normalized spacial score (nSPS) is 15.1. The number of nitrogens with zero attached hydrogens (tertiary/aromatic N) is 3. The van der Waals surface area contributed by atoms with E-state index in [9.17, 15) is 9.90 Å². The van der Waals surface area contributed by atoms with Crippen LogP contribution in [0.4, 0.5) is 4.79 Å². The number of aromatic nitrogens is 2. The zero-order valence-electron chi connectivity index (χ0n) is 13.7. The fourth-order valence-corrected chi connectivity index (χ4v) is 2.39. The molecule has 2 aromatic rings. The molecule has 7 nitrogen and oxygen atoms in total. The number of urea groups is 1. The molecule has 2 amide bonds. The Bertz CT molecular complexity index is 669. The second-order valence-corrected chi connectivity index (χ2v) is 6.12. The summed E-state index contributed by atoms with van der Waals surface area (Å²) in [5.74, 6) is 1.59. The minimum absolute atomic E-state index is 0.212. The van der Waals surface area contributed by atoms with E-state index in [-0.39, 0.29) is 12.6 Å². The van der Waals surface area contributed by atoms with E-state index >= 15 is 0 Å². The molecule has 1 aromatic carbocycles. The molecule has 1 aromatic heterocycles. The van der Waals surface area contributed by atoms with Crippen LogP contribution in [0.3, 0.4) is 0 Å². The third kappa shape index (κ3) is 4.32. The molecule has 24 heavy (non-hydrogen) atoms. The molecule has 1 aliphatic rings. The predicted molar refractivity (Wildman–Crippen MR) is 87.2 cm³/mol. The molecule has 2 N–H and O–H groups in total. The smallest absolute Gasteiger partial charge is 0.317 e. The first-order chi connectivity index (χ1) is 11.6. The lowest BCUT2D eigenvalue weighted by Gasteiger charge is -2.19. The highest BCUT2D eigenvalue weighted by atomic mass is 16.5. The van der Waals surface area contributed by atoms with Gasteiger partial charge in [0.1, 0.15) is 0 Å². The van der Waals surface area contributed by atoms with Crippen LogP contribution in [-0.2, 0) is 6.54 Å². The van der Waals surface area contributed by atoms with Crippen LogP contribution in [0, 0.1) is 0 Å². The summed E-state index contributed by atoms with van der Waals surface area (Å²) >= 11 is 0. The molecule has 7 heteroatoms. The van der Waals surface area contributed by atoms with Crippen molar-refractivity contribution in [2.24, 2.45) is 0 Å². The largest absolute Gasteiger partial charge is 0.388 e. The van der Waals surface area contributed by atoms with Crippen LogP contribution in [-0.4, -0.2) is 39.8 Å². The van der Waals surface area contributed by atoms with Crippen molar-refractivity contribution in [1.82, 2.24) is 20.4 Å². The van der Waals surface area contributed by atoms with Crippen molar-refractivity contribution in [2.45, 2.75) is 37.8 Å². The number of nitrogens with one attached hydrogen (secondary N) is 1. The fraction of sp³-hybridized carbons (Fsp3) is 0.471. The summed E-state index contributed by atoms with van der Waals surface area (Å²) < 4.78 is 5.12. The van der Waals surface area contributed by atoms with Gasteiger partial charge >= 0.3 is 6.03 Å². The van der Waals surface area contributed by atoms with Crippen LogP contribution in [0.5, 0.6) is 0 Å². The minimum Gasteiger partial charge on any atom is -0.388 e. The Morgan fingerprint density at radius 2 is 2.17 bits per heavy atom. The van der Waals surface area contributed by atoms with Crippen LogP contribution in [0.15, 0.2) is 34.9 Å². The number of amides is 2. The van der Waals surface area contributed by atoms with Crippen molar-refractivity contribution in [3.8, 4) is 0 Å². The molecule has 1 fully saturated rings. The molecule has 1 heterocycles. The zero-order chi connectivity index (χ0) is 16.9. The number of carbonyl (C=O) groups is 1. The van der Waals surface area contributed by atoms with E-state index in [0.717, 1.165) is 24.2 Å². The summed E-state index contributed by atoms with van der Waals surface area (Å²) in [4.78, 5) is 17.9. The van der Waals surface area contributed by atoms with Gasteiger partial charge in [-0.15, -0.1) is 0 Å². The molecule has 0 bridgehead atoms. The molecule has 0 radical (unpaired) electrons. The number of aliphatic hydroxyl groups is 1. The van der Waals surface area contributed by atoms with Gasteiger partial charge in [-0.05, 0) is 24.8 Å². The number of aliphatic hydroxyl groups excluding tert-OH is 1. The highest BCUT2D eigenvalue weighted by molar-refractivity contribution is 5.73. The summed E-state index contributed by atoms with van der Waals surface area (Å²) in [6.07, 6.45) is 2.11. The topological polar surface area (TPSA) is 91.5 Å². The van der Waals surface area contributed by atoms with Gasteiger partial charge in [-0.1, -0.05) is 35.5 Å². The summed E-state index contributed by atoms with van der Waals surface area (Å²) in [5.41, 5.74) is 0.852. The van der Waals surface area contributed by atoms with Crippen molar-refractivity contribution in [2.75, 3.05) is 13.6 Å². The maximum Gasteiger partial charge on any atom is 0.317 e. The third-order valence-electron chi connectivity index (χ3n) is 4.09. The van der Waals surface area contributed by atoms with Crippen molar-refractivity contribution in [3.05, 3.63) is 47.6 Å². The van der Waals surface area contributed by atoms with Crippen LogP contribution in [0.25, 0.3) is 0 Å². The molecule has 128 valence electrons. The maximum absolute atomic E-state index is 12.1. The lowest BCUT2D eigenvalue weighted by Crippen LogP contribution is -2.37.